The van der Waals surface area contributed by atoms with E-state index in [4.69, 9.17) is 0 Å². The van der Waals surface area contributed by atoms with Gasteiger partial charge in [0.1, 0.15) is 0 Å². The van der Waals surface area contributed by atoms with Crippen molar-refractivity contribution in [2.75, 3.05) is 0 Å². The van der Waals surface area contributed by atoms with Crippen molar-refractivity contribution < 1.29 is 20.4 Å². The van der Waals surface area contributed by atoms with E-state index < -0.39 is 0 Å². The molecule has 2 aliphatic carbocycles. The average molecular weight is 167 g/mol. The van der Waals surface area contributed by atoms with Gasteiger partial charge in [0.25, 0.3) is 0 Å². The number of rotatable bonds is 0. The Hall–Kier alpha value is 0.194. The summed E-state index contributed by atoms with van der Waals surface area (Å²) in [7, 11) is 0. The van der Waals surface area contributed by atoms with Gasteiger partial charge in [-0.15, -0.1) is 0 Å². The quantitative estimate of drug-likeness (QED) is 0.486. The van der Waals surface area contributed by atoms with E-state index >= 15 is 0 Å². The summed E-state index contributed by atoms with van der Waals surface area (Å²) in [5, 5.41) is 0. The molecule has 0 fully saturated rings. The van der Waals surface area contributed by atoms with Crippen LogP contribution in [0, 0.1) is 0 Å². The summed E-state index contributed by atoms with van der Waals surface area (Å²) in [5.41, 5.74) is 3.38. The zero-order valence-electron chi connectivity index (χ0n) is 6.06. The van der Waals surface area contributed by atoms with E-state index in [1.807, 2.05) is 0 Å². The predicted octanol–water partition coefficient (Wildman–Crippen LogP) is 2.76. The molecule has 51 valence electrons. The first kappa shape index (κ1) is 6.88. The molecule has 0 aliphatic heterocycles. The summed E-state index contributed by atoms with van der Waals surface area (Å²) in [6.45, 7) is 0. The molecule has 0 radical (unpaired) electrons. The first-order valence-electron chi connectivity index (χ1n) is 3.99. The molecular weight excluding hydrogens is 156 g/mol. The molecule has 0 N–H and O–H groups in total. The molecule has 0 aromatic rings. The zero-order chi connectivity index (χ0) is 6.97. The summed E-state index contributed by atoms with van der Waals surface area (Å²) >= 11 is 2.31. The molecule has 2 aliphatic rings. The second-order valence-electron chi connectivity index (χ2n) is 3.09. The molecule has 1 atom stereocenters. The monoisotopic (exact) mass is 167 g/mol. The van der Waals surface area contributed by atoms with Gasteiger partial charge >= 0.3 is 73.6 Å². The van der Waals surface area contributed by atoms with Crippen LogP contribution < -0.4 is 0 Å². The van der Waals surface area contributed by atoms with Gasteiger partial charge in [0.05, 0.1) is 0 Å². The fourth-order valence-corrected chi connectivity index (χ4v) is 2.49. The molecular formula is C9H11Ti. The van der Waals surface area contributed by atoms with Crippen LogP contribution in [0.2, 0.25) is 4.22 Å². The van der Waals surface area contributed by atoms with Gasteiger partial charge in [-0.05, 0) is 0 Å². The van der Waals surface area contributed by atoms with Gasteiger partial charge < -0.3 is 0 Å². The van der Waals surface area contributed by atoms with Crippen LogP contribution >= 0.6 is 0 Å². The molecule has 0 spiro atoms. The second-order valence-corrected chi connectivity index (χ2v) is 4.07. The minimum absolute atomic E-state index is 0.760. The van der Waals surface area contributed by atoms with E-state index in [-0.39, 0.29) is 0 Å². The number of hydrogen-bond acceptors (Lipinski definition) is 0. The second kappa shape index (κ2) is 2.67. The van der Waals surface area contributed by atoms with Crippen LogP contribution in [0.5, 0.6) is 0 Å². The first-order chi connectivity index (χ1) is 4.88. The SMILES string of the molecule is [Ti][CH]1C=CC2=C1CCCC2. The zero-order valence-corrected chi connectivity index (χ0v) is 7.62. The minimum atomic E-state index is 0.760. The summed E-state index contributed by atoms with van der Waals surface area (Å²) in [6, 6.07) is 0. The molecule has 2 rings (SSSR count). The normalized spacial score (nSPS) is 30.9. The molecule has 0 heterocycles. The maximum absolute atomic E-state index is 2.34. The third kappa shape index (κ3) is 1.04. The van der Waals surface area contributed by atoms with Crippen molar-refractivity contribution in [3.63, 3.8) is 0 Å². The fraction of sp³-hybridized carbons (Fsp3) is 0.556. The van der Waals surface area contributed by atoms with Gasteiger partial charge in [-0.2, -0.15) is 0 Å². The predicted molar refractivity (Wildman–Crippen MR) is 38.4 cm³/mol. The third-order valence-corrected chi connectivity index (χ3v) is 3.26. The van der Waals surface area contributed by atoms with Crippen molar-refractivity contribution in [2.45, 2.75) is 29.9 Å². The van der Waals surface area contributed by atoms with E-state index in [1.54, 1.807) is 11.1 Å². The Morgan fingerprint density at radius 3 is 2.90 bits per heavy atom. The molecule has 0 amide bonds. The third-order valence-electron chi connectivity index (χ3n) is 2.42. The van der Waals surface area contributed by atoms with Crippen molar-refractivity contribution in [3.05, 3.63) is 23.3 Å². The molecule has 0 saturated carbocycles. The maximum atomic E-state index is 2.34. The van der Waals surface area contributed by atoms with Crippen molar-refractivity contribution in [2.24, 2.45) is 0 Å². The van der Waals surface area contributed by atoms with E-state index in [2.05, 4.69) is 32.6 Å². The van der Waals surface area contributed by atoms with Crippen molar-refractivity contribution in [1.29, 1.82) is 0 Å². The van der Waals surface area contributed by atoms with Crippen molar-refractivity contribution in [3.8, 4) is 0 Å². The Labute approximate surface area is 73.8 Å². The van der Waals surface area contributed by atoms with Crippen LogP contribution in [0.1, 0.15) is 25.7 Å². The molecule has 0 bridgehead atoms. The van der Waals surface area contributed by atoms with Crippen LogP contribution in [0.15, 0.2) is 23.3 Å². The van der Waals surface area contributed by atoms with E-state index in [0.717, 1.165) is 4.22 Å². The molecule has 0 aromatic carbocycles. The van der Waals surface area contributed by atoms with Gasteiger partial charge in [-0.1, -0.05) is 0 Å². The van der Waals surface area contributed by atoms with Crippen LogP contribution in [0.3, 0.4) is 0 Å². The van der Waals surface area contributed by atoms with Crippen LogP contribution in [-0.2, 0) is 20.4 Å². The molecule has 0 aromatic heterocycles. The van der Waals surface area contributed by atoms with Crippen LogP contribution in [0.25, 0.3) is 0 Å². The standard InChI is InChI=1S/C9H11.Ti/c1-2-5-9-7-3-6-8(9)4-1;/h3,6-7H,1-2,4-5H2;. The van der Waals surface area contributed by atoms with Crippen molar-refractivity contribution in [1.82, 2.24) is 0 Å². The van der Waals surface area contributed by atoms with E-state index in [9.17, 15) is 0 Å². The molecule has 10 heavy (non-hydrogen) atoms. The number of hydrogen-bond donors (Lipinski definition) is 0. The van der Waals surface area contributed by atoms with Gasteiger partial charge in [-0.3, -0.25) is 0 Å². The summed E-state index contributed by atoms with van der Waals surface area (Å²) in [4.78, 5) is 0. The Bertz CT molecular complexity index is 201. The summed E-state index contributed by atoms with van der Waals surface area (Å²) in [6.07, 6.45) is 10.2. The Morgan fingerprint density at radius 1 is 1.30 bits per heavy atom. The molecule has 1 heteroatoms. The molecule has 0 saturated heterocycles. The Morgan fingerprint density at radius 2 is 2.10 bits per heavy atom. The van der Waals surface area contributed by atoms with E-state index in [1.165, 1.54) is 25.7 Å². The van der Waals surface area contributed by atoms with Gasteiger partial charge in [0.2, 0.25) is 0 Å². The van der Waals surface area contributed by atoms with Gasteiger partial charge in [0, 0.05) is 0 Å². The van der Waals surface area contributed by atoms with Crippen molar-refractivity contribution >= 4 is 0 Å². The topological polar surface area (TPSA) is 0 Å². The average Bonchev–Trinajstić information content (AvgIpc) is 2.34. The van der Waals surface area contributed by atoms with Crippen LogP contribution in [-0.4, -0.2) is 0 Å². The molecule has 1 unspecified atom stereocenters. The van der Waals surface area contributed by atoms with Crippen LogP contribution in [0.4, 0.5) is 0 Å². The summed E-state index contributed by atoms with van der Waals surface area (Å²) in [5.74, 6) is 0. The Kier molecular flexibility index (Phi) is 1.84. The summed E-state index contributed by atoms with van der Waals surface area (Å²) < 4.78 is 0.760. The number of allylic oxidation sites excluding steroid dienone is 4. The van der Waals surface area contributed by atoms with Gasteiger partial charge in [0.15, 0.2) is 0 Å². The van der Waals surface area contributed by atoms with Gasteiger partial charge in [-0.25, -0.2) is 0 Å². The fourth-order valence-electron chi connectivity index (χ4n) is 1.83. The molecule has 0 nitrogen and oxygen atoms in total. The van der Waals surface area contributed by atoms with E-state index in [0.29, 0.717) is 0 Å². The first-order valence-corrected chi connectivity index (χ1v) is 4.89. The Balaban J connectivity index is 2.27.